The van der Waals surface area contributed by atoms with E-state index in [1.165, 1.54) is 12.1 Å². The third-order valence-corrected chi connectivity index (χ3v) is 9.26. The lowest BCUT2D eigenvalue weighted by molar-refractivity contribution is 0.483. The van der Waals surface area contributed by atoms with Crippen LogP contribution in [0.3, 0.4) is 0 Å². The number of rotatable bonds is 8. The molecule has 5 aromatic rings. The molecule has 8 heteroatoms. The third kappa shape index (κ3) is 6.03. The standard InChI is InChI=1S/C31H25NO5S2/c1-23-7-17-29(18-8-23)38(33,34)30-19-9-24(10-20-30)25-11-21-31(22-12-25)39(35,36)32-26-13-15-28(16-14-26)37-27-5-3-2-4-6-27/h2-22,32H,1H3. The Balaban J connectivity index is 1.27. The predicted molar refractivity (Wildman–Crippen MR) is 152 cm³/mol. The molecule has 196 valence electrons. The fourth-order valence-corrected chi connectivity index (χ4v) is 6.26. The Bertz CT molecular complexity index is 1780. The van der Waals surface area contributed by atoms with Gasteiger partial charge in [-0.3, -0.25) is 4.72 Å². The molecule has 0 saturated heterocycles. The van der Waals surface area contributed by atoms with Gasteiger partial charge in [0.1, 0.15) is 11.5 Å². The van der Waals surface area contributed by atoms with Crippen molar-refractivity contribution in [3.8, 4) is 22.6 Å². The van der Waals surface area contributed by atoms with E-state index >= 15 is 0 Å². The van der Waals surface area contributed by atoms with Crippen LogP contribution in [0, 0.1) is 6.92 Å². The van der Waals surface area contributed by atoms with Crippen molar-refractivity contribution in [1.29, 1.82) is 0 Å². The minimum atomic E-state index is -3.81. The number of nitrogens with one attached hydrogen (secondary N) is 1. The van der Waals surface area contributed by atoms with Crippen LogP contribution in [0.5, 0.6) is 11.5 Å². The van der Waals surface area contributed by atoms with Crippen LogP contribution in [-0.2, 0) is 19.9 Å². The third-order valence-electron chi connectivity index (χ3n) is 6.08. The van der Waals surface area contributed by atoms with E-state index in [2.05, 4.69) is 4.72 Å². The number of hydrogen-bond donors (Lipinski definition) is 1. The predicted octanol–water partition coefficient (Wildman–Crippen LogP) is 7.09. The summed E-state index contributed by atoms with van der Waals surface area (Å²) in [5.41, 5.74) is 2.92. The number of para-hydroxylation sites is 1. The summed E-state index contributed by atoms with van der Waals surface area (Å²) in [5, 5.41) is 0. The highest BCUT2D eigenvalue weighted by Gasteiger charge is 2.18. The molecule has 0 saturated carbocycles. The summed E-state index contributed by atoms with van der Waals surface area (Å²) in [5.74, 6) is 1.28. The molecule has 5 rings (SSSR count). The lowest BCUT2D eigenvalue weighted by atomic mass is 10.1. The molecule has 0 heterocycles. The SMILES string of the molecule is Cc1ccc(S(=O)(=O)c2ccc(-c3ccc(S(=O)(=O)Nc4ccc(Oc5ccccc5)cc4)cc3)cc2)cc1. The van der Waals surface area contributed by atoms with Crippen LogP contribution in [0.25, 0.3) is 11.1 Å². The van der Waals surface area contributed by atoms with Gasteiger partial charge in [-0.05, 0) is 90.8 Å². The summed E-state index contributed by atoms with van der Waals surface area (Å²) in [6.45, 7) is 1.90. The molecule has 0 aromatic heterocycles. The Labute approximate surface area is 228 Å². The second-order valence-corrected chi connectivity index (χ2v) is 12.5. The molecular weight excluding hydrogens is 530 g/mol. The Morgan fingerprint density at radius 1 is 0.513 bits per heavy atom. The Morgan fingerprint density at radius 3 is 1.51 bits per heavy atom. The first kappa shape index (κ1) is 26.2. The molecule has 39 heavy (non-hydrogen) atoms. The maximum absolute atomic E-state index is 12.9. The van der Waals surface area contributed by atoms with E-state index in [-0.39, 0.29) is 14.7 Å². The van der Waals surface area contributed by atoms with Crippen LogP contribution in [0.15, 0.2) is 142 Å². The summed E-state index contributed by atoms with van der Waals surface area (Å²) in [4.78, 5) is 0.536. The largest absolute Gasteiger partial charge is 0.457 e. The Morgan fingerprint density at radius 2 is 0.974 bits per heavy atom. The molecule has 1 N–H and O–H groups in total. The van der Waals surface area contributed by atoms with Crippen molar-refractivity contribution in [3.63, 3.8) is 0 Å². The maximum Gasteiger partial charge on any atom is 0.261 e. The van der Waals surface area contributed by atoms with Crippen molar-refractivity contribution in [3.05, 3.63) is 133 Å². The smallest absolute Gasteiger partial charge is 0.261 e. The number of sulfone groups is 1. The fraction of sp³-hybridized carbons (Fsp3) is 0.0323. The summed E-state index contributed by atoms with van der Waals surface area (Å²) < 4.78 is 60.0. The minimum Gasteiger partial charge on any atom is -0.457 e. The van der Waals surface area contributed by atoms with Crippen LogP contribution < -0.4 is 9.46 Å². The Kier molecular flexibility index (Phi) is 7.24. The zero-order valence-electron chi connectivity index (χ0n) is 21.0. The van der Waals surface area contributed by atoms with Gasteiger partial charge in [-0.15, -0.1) is 0 Å². The molecule has 5 aromatic carbocycles. The van der Waals surface area contributed by atoms with Crippen LogP contribution in [0.2, 0.25) is 0 Å². The molecule has 0 unspecified atom stereocenters. The van der Waals surface area contributed by atoms with E-state index < -0.39 is 19.9 Å². The molecule has 0 fully saturated rings. The maximum atomic E-state index is 12.9. The van der Waals surface area contributed by atoms with Gasteiger partial charge in [-0.1, -0.05) is 60.2 Å². The number of hydrogen-bond acceptors (Lipinski definition) is 5. The van der Waals surface area contributed by atoms with Crippen LogP contribution >= 0.6 is 0 Å². The van der Waals surface area contributed by atoms with Gasteiger partial charge in [0.25, 0.3) is 10.0 Å². The highest BCUT2D eigenvalue weighted by atomic mass is 32.2. The van der Waals surface area contributed by atoms with Crippen molar-refractivity contribution in [1.82, 2.24) is 0 Å². The lowest BCUT2D eigenvalue weighted by Crippen LogP contribution is -2.12. The van der Waals surface area contributed by atoms with Crippen molar-refractivity contribution in [2.45, 2.75) is 21.6 Å². The number of aryl methyl sites for hydroxylation is 1. The van der Waals surface area contributed by atoms with Gasteiger partial charge < -0.3 is 4.74 Å². The van der Waals surface area contributed by atoms with Gasteiger partial charge in [-0.25, -0.2) is 16.8 Å². The van der Waals surface area contributed by atoms with E-state index in [0.717, 1.165) is 16.7 Å². The average molecular weight is 556 g/mol. The first-order valence-corrected chi connectivity index (χ1v) is 15.1. The van der Waals surface area contributed by atoms with Gasteiger partial charge in [0.2, 0.25) is 9.84 Å². The number of anilines is 1. The van der Waals surface area contributed by atoms with E-state index in [0.29, 0.717) is 17.2 Å². The van der Waals surface area contributed by atoms with Gasteiger partial charge in [0, 0.05) is 5.69 Å². The topological polar surface area (TPSA) is 89.5 Å². The second kappa shape index (κ2) is 10.8. The first-order valence-electron chi connectivity index (χ1n) is 12.1. The monoisotopic (exact) mass is 555 g/mol. The minimum absolute atomic E-state index is 0.106. The molecule has 6 nitrogen and oxygen atoms in total. The fourth-order valence-electron chi connectivity index (χ4n) is 3.94. The molecule has 0 radical (unpaired) electrons. The van der Waals surface area contributed by atoms with Crippen LogP contribution in [-0.4, -0.2) is 16.8 Å². The van der Waals surface area contributed by atoms with Gasteiger partial charge in [-0.2, -0.15) is 0 Å². The van der Waals surface area contributed by atoms with Gasteiger partial charge >= 0.3 is 0 Å². The molecule has 0 aliphatic rings. The second-order valence-electron chi connectivity index (χ2n) is 8.91. The summed E-state index contributed by atoms with van der Waals surface area (Å²) in [6, 6.07) is 35.6. The number of ether oxygens (including phenoxy) is 1. The molecule has 0 aliphatic heterocycles. The normalized spacial score (nSPS) is 11.6. The zero-order valence-corrected chi connectivity index (χ0v) is 22.6. The Hall–Kier alpha value is -4.40. The van der Waals surface area contributed by atoms with Crippen molar-refractivity contribution in [2.24, 2.45) is 0 Å². The van der Waals surface area contributed by atoms with E-state index in [1.54, 1.807) is 84.9 Å². The van der Waals surface area contributed by atoms with E-state index in [9.17, 15) is 16.8 Å². The molecule has 0 aliphatic carbocycles. The van der Waals surface area contributed by atoms with Crippen molar-refractivity contribution >= 4 is 25.5 Å². The number of sulfonamides is 1. The molecule has 0 bridgehead atoms. The van der Waals surface area contributed by atoms with Crippen molar-refractivity contribution in [2.75, 3.05) is 4.72 Å². The molecule has 0 amide bonds. The van der Waals surface area contributed by atoms with Gasteiger partial charge in [0.05, 0.1) is 14.7 Å². The van der Waals surface area contributed by atoms with Crippen molar-refractivity contribution < 1.29 is 21.6 Å². The molecule has 0 spiro atoms. The summed E-state index contributed by atoms with van der Waals surface area (Å²) >= 11 is 0. The highest BCUT2D eigenvalue weighted by molar-refractivity contribution is 7.92. The zero-order chi connectivity index (χ0) is 27.5. The van der Waals surface area contributed by atoms with E-state index in [1.807, 2.05) is 37.3 Å². The van der Waals surface area contributed by atoms with E-state index in [4.69, 9.17) is 4.74 Å². The number of benzene rings is 5. The van der Waals surface area contributed by atoms with Crippen LogP contribution in [0.4, 0.5) is 5.69 Å². The lowest BCUT2D eigenvalue weighted by Gasteiger charge is -2.11. The quantitative estimate of drug-likeness (QED) is 0.221. The summed E-state index contributed by atoms with van der Waals surface area (Å²) in [7, 11) is -7.44. The molecular formula is C31H25NO5S2. The van der Waals surface area contributed by atoms with Gasteiger partial charge in [0.15, 0.2) is 0 Å². The average Bonchev–Trinajstić information content (AvgIpc) is 2.95. The highest BCUT2D eigenvalue weighted by Crippen LogP contribution is 2.28. The molecule has 0 atom stereocenters. The summed E-state index contributed by atoms with van der Waals surface area (Å²) in [6.07, 6.45) is 0. The van der Waals surface area contributed by atoms with Crippen LogP contribution in [0.1, 0.15) is 5.56 Å². The first-order chi connectivity index (χ1) is 18.7.